The first-order valence-electron chi connectivity index (χ1n) is 7.94. The molecule has 0 saturated heterocycles. The third-order valence-electron chi connectivity index (χ3n) is 3.55. The Labute approximate surface area is 154 Å². The van der Waals surface area contributed by atoms with Gasteiger partial charge in [0.2, 0.25) is 0 Å². The van der Waals surface area contributed by atoms with E-state index in [0.717, 1.165) is 17.1 Å². The fraction of sp³-hybridized carbons (Fsp3) is 0.150. The number of hydrogen-bond donors (Lipinski definition) is 0. The molecule has 3 aromatic rings. The van der Waals surface area contributed by atoms with Crippen LogP contribution in [0, 0.1) is 10.2 Å². The van der Waals surface area contributed by atoms with Gasteiger partial charge in [0.05, 0.1) is 17.5 Å². The largest absolute Gasteiger partial charge is 0.360 e. The van der Waals surface area contributed by atoms with E-state index in [9.17, 15) is 0 Å². The summed E-state index contributed by atoms with van der Waals surface area (Å²) in [6.07, 6.45) is 0. The molecule has 0 bridgehead atoms. The molecule has 0 unspecified atom stereocenters. The van der Waals surface area contributed by atoms with Crippen LogP contribution in [0.3, 0.4) is 0 Å². The summed E-state index contributed by atoms with van der Waals surface area (Å²) in [5.74, 6) is 2.28. The number of hydrogen-bond acceptors (Lipinski definition) is 4. The molecule has 0 amide bonds. The van der Waals surface area contributed by atoms with Crippen molar-refractivity contribution in [1.29, 1.82) is 0 Å². The van der Waals surface area contributed by atoms with E-state index in [1.807, 2.05) is 24.3 Å². The Morgan fingerprint density at radius 1 is 0.692 bits per heavy atom. The van der Waals surface area contributed by atoms with Crippen molar-refractivity contribution >= 4 is 0 Å². The Morgan fingerprint density at radius 3 is 1.62 bits per heavy atom. The molecule has 0 radical (unpaired) electrons. The Bertz CT molecular complexity index is 751. The van der Waals surface area contributed by atoms with Gasteiger partial charge in [-0.2, -0.15) is 0 Å². The molecule has 0 aliphatic heterocycles. The van der Waals surface area contributed by atoms with E-state index >= 15 is 0 Å². The highest BCUT2D eigenvalue weighted by molar-refractivity contribution is 5.69. The molecule has 0 spiro atoms. The summed E-state index contributed by atoms with van der Waals surface area (Å²) in [5, 5.41) is 0. The summed E-state index contributed by atoms with van der Waals surface area (Å²) in [6, 6.07) is 25.0. The normalized spacial score (nSPS) is 11.0. The summed E-state index contributed by atoms with van der Waals surface area (Å²) in [7, 11) is -4.94. The highest BCUT2D eigenvalue weighted by atomic mass is 35.7. The zero-order valence-corrected chi connectivity index (χ0v) is 15.2. The molecule has 3 rings (SSSR count). The third kappa shape index (κ3) is 6.55. The average Bonchev–Trinajstić information content (AvgIpc) is 2.61. The van der Waals surface area contributed by atoms with Gasteiger partial charge in [-0.1, -0.05) is 62.4 Å². The molecule has 2 aromatic carbocycles. The highest BCUT2D eigenvalue weighted by Gasteiger charge is 2.20. The smallest absolute Gasteiger partial charge is 0.222 e. The van der Waals surface area contributed by atoms with Gasteiger partial charge in [0.15, 0.2) is 0 Å². The Hall–Kier alpha value is -2.28. The van der Waals surface area contributed by atoms with Crippen molar-refractivity contribution in [3.63, 3.8) is 0 Å². The average molecular weight is 375 g/mol. The van der Waals surface area contributed by atoms with Crippen LogP contribution in [-0.2, 0) is 0 Å². The van der Waals surface area contributed by atoms with Crippen LogP contribution in [-0.4, -0.2) is 0 Å². The minimum atomic E-state index is -4.94. The predicted molar refractivity (Wildman–Crippen MR) is 88.1 cm³/mol. The quantitative estimate of drug-likeness (QED) is 0.642. The molecule has 1 aromatic heterocycles. The van der Waals surface area contributed by atoms with Crippen molar-refractivity contribution in [2.75, 3.05) is 0 Å². The van der Waals surface area contributed by atoms with Crippen LogP contribution in [0.1, 0.15) is 25.5 Å². The predicted octanol–water partition coefficient (Wildman–Crippen LogP) is 1.26. The van der Waals surface area contributed by atoms with E-state index in [1.165, 1.54) is 11.1 Å². The van der Waals surface area contributed by atoms with Crippen molar-refractivity contribution < 1.29 is 33.3 Å². The fourth-order valence-corrected chi connectivity index (χ4v) is 2.35. The van der Waals surface area contributed by atoms with Gasteiger partial charge in [-0.3, -0.25) is 0 Å². The molecule has 26 heavy (non-hydrogen) atoms. The second-order valence-electron chi connectivity index (χ2n) is 5.88. The van der Waals surface area contributed by atoms with Crippen molar-refractivity contribution in [2.24, 2.45) is 0 Å². The van der Waals surface area contributed by atoms with Crippen LogP contribution in [0.15, 0.2) is 77.2 Å². The lowest BCUT2D eigenvalue weighted by Crippen LogP contribution is -2.68. The van der Waals surface area contributed by atoms with E-state index in [2.05, 4.69) is 62.4 Å². The molecule has 0 N–H and O–H groups in total. The summed E-state index contributed by atoms with van der Waals surface area (Å²) in [6.45, 7) is 4.31. The van der Waals surface area contributed by atoms with E-state index < -0.39 is 10.2 Å². The lowest BCUT2D eigenvalue weighted by molar-refractivity contribution is -2.00. The van der Waals surface area contributed by atoms with Crippen molar-refractivity contribution in [1.82, 2.24) is 0 Å². The van der Waals surface area contributed by atoms with Crippen molar-refractivity contribution in [3.8, 4) is 22.5 Å². The Balaban J connectivity index is 0.000000431. The SMILES string of the molecule is CC(C)c1cc(-c2ccccc2)cc(-c2ccccc2)[o+]1.[O-][Cl+3]([O-])([O-])[O-]. The molecule has 5 nitrogen and oxygen atoms in total. The zero-order chi connectivity index (χ0) is 19.2. The molecule has 6 heteroatoms. The molecule has 0 saturated carbocycles. The van der Waals surface area contributed by atoms with Gasteiger partial charge in [0.1, 0.15) is 0 Å². The topological polar surface area (TPSA) is 104 Å². The minimum absolute atomic E-state index is 0.358. The number of halogens is 1. The van der Waals surface area contributed by atoms with Crippen LogP contribution >= 0.6 is 0 Å². The number of benzene rings is 2. The van der Waals surface area contributed by atoms with E-state index in [0.29, 0.717) is 5.92 Å². The molecule has 136 valence electrons. The minimum Gasteiger partial charge on any atom is -0.222 e. The Morgan fingerprint density at radius 2 is 1.15 bits per heavy atom. The van der Waals surface area contributed by atoms with E-state index in [4.69, 9.17) is 23.1 Å². The maximum absolute atomic E-state index is 8.49. The Kier molecular flexibility index (Phi) is 6.85. The van der Waals surface area contributed by atoms with Crippen molar-refractivity contribution in [3.05, 3.63) is 78.6 Å². The maximum atomic E-state index is 8.49. The van der Waals surface area contributed by atoms with Gasteiger partial charge in [0, 0.05) is 11.6 Å². The van der Waals surface area contributed by atoms with Gasteiger partial charge >= 0.3 is 11.5 Å². The zero-order valence-electron chi connectivity index (χ0n) is 14.4. The van der Waals surface area contributed by atoms with Crippen LogP contribution < -0.4 is 18.6 Å². The first-order chi connectivity index (χ1) is 12.2. The summed E-state index contributed by atoms with van der Waals surface area (Å²) < 4.78 is 40.1. The monoisotopic (exact) mass is 374 g/mol. The molecule has 0 aliphatic carbocycles. The molecule has 0 aliphatic rings. The second kappa shape index (κ2) is 8.89. The standard InChI is InChI=1S/C20H19O.ClHO4/c1-15(2)19-13-18(16-9-5-3-6-10-16)14-20(21-19)17-11-7-4-8-12-17;2-1(3,4)5/h3-15H,1-2H3;(H,2,3,4,5)/q+1;/p-1. The maximum Gasteiger partial charge on any atom is 0.360 e. The highest BCUT2D eigenvalue weighted by Crippen LogP contribution is 2.30. The molecular weight excluding hydrogens is 356 g/mol. The summed E-state index contributed by atoms with van der Waals surface area (Å²) in [4.78, 5) is 0. The third-order valence-corrected chi connectivity index (χ3v) is 3.55. The van der Waals surface area contributed by atoms with Crippen LogP contribution in [0.25, 0.3) is 22.5 Å². The van der Waals surface area contributed by atoms with Gasteiger partial charge in [-0.05, 0) is 17.7 Å². The second-order valence-corrected chi connectivity index (χ2v) is 6.63. The lowest BCUT2D eigenvalue weighted by Gasteiger charge is -2.17. The van der Waals surface area contributed by atoms with Gasteiger partial charge in [-0.15, -0.1) is 10.2 Å². The first-order valence-corrected chi connectivity index (χ1v) is 9.18. The van der Waals surface area contributed by atoms with E-state index in [-0.39, 0.29) is 0 Å². The van der Waals surface area contributed by atoms with E-state index in [1.54, 1.807) is 0 Å². The first kappa shape index (κ1) is 20.0. The number of rotatable bonds is 3. The van der Waals surface area contributed by atoms with Crippen LogP contribution in [0.4, 0.5) is 0 Å². The summed E-state index contributed by atoms with van der Waals surface area (Å²) >= 11 is 0. The van der Waals surface area contributed by atoms with Crippen LogP contribution in [0.5, 0.6) is 0 Å². The fourth-order valence-electron chi connectivity index (χ4n) is 2.35. The van der Waals surface area contributed by atoms with Gasteiger partial charge in [-0.25, -0.2) is 23.1 Å². The van der Waals surface area contributed by atoms with Crippen LogP contribution in [0.2, 0.25) is 0 Å². The lowest BCUT2D eigenvalue weighted by atomic mass is 10.0. The molecular formula is C20H19ClO5. The molecule has 0 atom stereocenters. The van der Waals surface area contributed by atoms with Gasteiger partial charge in [0.25, 0.3) is 0 Å². The summed E-state index contributed by atoms with van der Waals surface area (Å²) in [5.41, 5.74) is 3.52. The van der Waals surface area contributed by atoms with Crippen molar-refractivity contribution in [2.45, 2.75) is 19.8 Å². The molecule has 0 fully saturated rings. The molecule has 1 heterocycles. The van der Waals surface area contributed by atoms with Gasteiger partial charge < -0.3 is 0 Å².